The molecule has 2 N–H and O–H groups in total. The third-order valence-corrected chi connectivity index (χ3v) is 5.11. The third-order valence-electron chi connectivity index (χ3n) is 5.11. The summed E-state index contributed by atoms with van der Waals surface area (Å²) in [5.74, 6) is -0.229. The Bertz CT molecular complexity index is 608. The number of nitrogens with zero attached hydrogens (tertiary/aromatic N) is 1. The highest BCUT2D eigenvalue weighted by Gasteiger charge is 2.21. The molecule has 0 bridgehead atoms. The highest BCUT2D eigenvalue weighted by molar-refractivity contribution is 5.84. The SMILES string of the molecule is Cc1ccc(C(C)(C)CCC(=O)NCC(=O)NCCN2CCOCC2)cc1. The average Bonchev–Trinajstić information content (AvgIpc) is 2.66. The molecule has 0 spiro atoms. The van der Waals surface area contributed by atoms with E-state index >= 15 is 0 Å². The maximum Gasteiger partial charge on any atom is 0.239 e. The van der Waals surface area contributed by atoms with Crippen LogP contribution in [-0.4, -0.2) is 62.7 Å². The number of ether oxygens (including phenoxy) is 1. The maximum atomic E-state index is 12.1. The van der Waals surface area contributed by atoms with Gasteiger partial charge in [0.2, 0.25) is 11.8 Å². The van der Waals surface area contributed by atoms with Crippen molar-refractivity contribution in [3.05, 3.63) is 35.4 Å². The molecule has 150 valence electrons. The molecule has 1 fully saturated rings. The van der Waals surface area contributed by atoms with Crippen molar-refractivity contribution in [2.24, 2.45) is 0 Å². The molecule has 1 aromatic carbocycles. The van der Waals surface area contributed by atoms with Crippen molar-refractivity contribution in [1.82, 2.24) is 15.5 Å². The van der Waals surface area contributed by atoms with Crippen LogP contribution in [0.5, 0.6) is 0 Å². The molecule has 6 heteroatoms. The molecule has 2 rings (SSSR count). The Kier molecular flexibility index (Phi) is 8.25. The molecule has 0 unspecified atom stereocenters. The van der Waals surface area contributed by atoms with Crippen molar-refractivity contribution in [2.45, 2.75) is 39.0 Å². The molecule has 0 radical (unpaired) electrons. The molecule has 1 aromatic rings. The lowest BCUT2D eigenvalue weighted by molar-refractivity contribution is -0.126. The minimum Gasteiger partial charge on any atom is -0.379 e. The fourth-order valence-electron chi connectivity index (χ4n) is 3.08. The standard InChI is InChI=1S/C21H33N3O3/c1-17-4-6-18(7-5-17)21(2,3)9-8-19(25)23-16-20(26)22-10-11-24-12-14-27-15-13-24/h4-7H,8-16H2,1-3H3,(H,22,26)(H,23,25). The molecule has 6 nitrogen and oxygen atoms in total. The first-order valence-electron chi connectivity index (χ1n) is 9.77. The molecule has 1 saturated heterocycles. The van der Waals surface area contributed by atoms with E-state index in [1.54, 1.807) is 0 Å². The Labute approximate surface area is 162 Å². The van der Waals surface area contributed by atoms with Crippen LogP contribution in [0.1, 0.15) is 37.8 Å². The summed E-state index contributed by atoms with van der Waals surface area (Å²) >= 11 is 0. The molecule has 0 atom stereocenters. The minimum absolute atomic E-state index is 0.0346. The number of morpholine rings is 1. The fourth-order valence-corrected chi connectivity index (χ4v) is 3.08. The van der Waals surface area contributed by atoms with E-state index < -0.39 is 0 Å². The smallest absolute Gasteiger partial charge is 0.239 e. The van der Waals surface area contributed by atoms with Gasteiger partial charge in [-0.15, -0.1) is 0 Å². The highest BCUT2D eigenvalue weighted by atomic mass is 16.5. The topological polar surface area (TPSA) is 70.7 Å². The molecule has 1 aliphatic rings. The van der Waals surface area contributed by atoms with Crippen LogP contribution in [0, 0.1) is 6.92 Å². The number of aryl methyl sites for hydroxylation is 1. The second-order valence-corrected chi connectivity index (χ2v) is 7.83. The normalized spacial score (nSPS) is 15.4. The Morgan fingerprint density at radius 1 is 1.07 bits per heavy atom. The zero-order chi connectivity index (χ0) is 19.7. The Morgan fingerprint density at radius 2 is 1.74 bits per heavy atom. The predicted molar refractivity (Wildman–Crippen MR) is 107 cm³/mol. The molecule has 27 heavy (non-hydrogen) atoms. The predicted octanol–water partition coefficient (Wildman–Crippen LogP) is 1.62. The van der Waals surface area contributed by atoms with Crippen molar-refractivity contribution in [3.8, 4) is 0 Å². The van der Waals surface area contributed by atoms with Crippen molar-refractivity contribution >= 4 is 11.8 Å². The number of nitrogens with one attached hydrogen (secondary N) is 2. The zero-order valence-corrected chi connectivity index (χ0v) is 16.8. The van der Waals surface area contributed by atoms with Gasteiger partial charge in [0.05, 0.1) is 19.8 Å². The average molecular weight is 376 g/mol. The Morgan fingerprint density at radius 3 is 2.41 bits per heavy atom. The lowest BCUT2D eigenvalue weighted by Crippen LogP contribution is -2.43. The summed E-state index contributed by atoms with van der Waals surface area (Å²) in [7, 11) is 0. The van der Waals surface area contributed by atoms with Gasteiger partial charge in [-0.1, -0.05) is 43.7 Å². The summed E-state index contributed by atoms with van der Waals surface area (Å²) < 4.78 is 5.30. The van der Waals surface area contributed by atoms with E-state index in [0.29, 0.717) is 13.0 Å². The molecule has 0 saturated carbocycles. The molecule has 0 aromatic heterocycles. The molecular formula is C21H33N3O3. The van der Waals surface area contributed by atoms with Crippen molar-refractivity contribution in [2.75, 3.05) is 45.9 Å². The van der Waals surface area contributed by atoms with Gasteiger partial charge in [0.15, 0.2) is 0 Å². The van der Waals surface area contributed by atoms with E-state index in [1.165, 1.54) is 11.1 Å². The highest BCUT2D eigenvalue weighted by Crippen LogP contribution is 2.28. The van der Waals surface area contributed by atoms with Gasteiger partial charge in [0.25, 0.3) is 0 Å². The first kappa shape index (κ1) is 21.4. The first-order chi connectivity index (χ1) is 12.9. The van der Waals surface area contributed by atoms with Crippen molar-refractivity contribution < 1.29 is 14.3 Å². The van der Waals surface area contributed by atoms with Crippen LogP contribution < -0.4 is 10.6 Å². The molecule has 0 aliphatic carbocycles. The number of carbonyl (C=O) groups excluding carboxylic acids is 2. The monoisotopic (exact) mass is 375 g/mol. The Balaban J connectivity index is 1.62. The van der Waals surface area contributed by atoms with E-state index in [1.807, 2.05) is 0 Å². The van der Waals surface area contributed by atoms with Crippen LogP contribution in [0.25, 0.3) is 0 Å². The van der Waals surface area contributed by atoms with Crippen LogP contribution in [0.4, 0.5) is 0 Å². The van der Waals surface area contributed by atoms with Crippen molar-refractivity contribution in [1.29, 1.82) is 0 Å². The number of amides is 2. The van der Waals surface area contributed by atoms with E-state index in [0.717, 1.165) is 39.3 Å². The summed E-state index contributed by atoms with van der Waals surface area (Å²) in [5.41, 5.74) is 2.37. The van der Waals surface area contributed by atoms with Gasteiger partial charge in [-0.3, -0.25) is 14.5 Å². The summed E-state index contributed by atoms with van der Waals surface area (Å²) in [6.07, 6.45) is 1.14. The summed E-state index contributed by atoms with van der Waals surface area (Å²) in [6, 6.07) is 8.43. The van der Waals surface area contributed by atoms with Gasteiger partial charge in [-0.25, -0.2) is 0 Å². The van der Waals surface area contributed by atoms with Gasteiger partial charge < -0.3 is 15.4 Å². The molecule has 1 aliphatic heterocycles. The molecule has 1 heterocycles. The van der Waals surface area contributed by atoms with Crippen LogP contribution >= 0.6 is 0 Å². The fraction of sp³-hybridized carbons (Fsp3) is 0.619. The number of carbonyl (C=O) groups is 2. The number of rotatable bonds is 9. The summed E-state index contributed by atoms with van der Waals surface area (Å²) in [4.78, 5) is 26.2. The Hall–Kier alpha value is -1.92. The van der Waals surface area contributed by atoms with Crippen molar-refractivity contribution in [3.63, 3.8) is 0 Å². The van der Waals surface area contributed by atoms with Gasteiger partial charge in [-0.05, 0) is 24.3 Å². The lowest BCUT2D eigenvalue weighted by Gasteiger charge is -2.26. The molecular weight excluding hydrogens is 342 g/mol. The second-order valence-electron chi connectivity index (χ2n) is 7.83. The van der Waals surface area contributed by atoms with Crippen LogP contribution in [0.15, 0.2) is 24.3 Å². The van der Waals surface area contributed by atoms with Crippen LogP contribution in [0.3, 0.4) is 0 Å². The van der Waals surface area contributed by atoms with Crippen LogP contribution in [0.2, 0.25) is 0 Å². The van der Waals surface area contributed by atoms with Gasteiger partial charge in [-0.2, -0.15) is 0 Å². The lowest BCUT2D eigenvalue weighted by atomic mass is 9.80. The largest absolute Gasteiger partial charge is 0.379 e. The number of hydrogen-bond donors (Lipinski definition) is 2. The molecule has 2 amide bonds. The van der Waals surface area contributed by atoms with Gasteiger partial charge in [0.1, 0.15) is 0 Å². The zero-order valence-electron chi connectivity index (χ0n) is 16.8. The second kappa shape index (κ2) is 10.4. The first-order valence-corrected chi connectivity index (χ1v) is 9.77. The van der Waals surface area contributed by atoms with E-state index in [-0.39, 0.29) is 23.8 Å². The maximum absolute atomic E-state index is 12.1. The minimum atomic E-state index is -0.144. The summed E-state index contributed by atoms with van der Waals surface area (Å²) in [6.45, 7) is 11.1. The van der Waals surface area contributed by atoms with Gasteiger partial charge >= 0.3 is 0 Å². The van der Waals surface area contributed by atoms with E-state index in [2.05, 4.69) is 60.6 Å². The van der Waals surface area contributed by atoms with E-state index in [4.69, 9.17) is 4.74 Å². The van der Waals surface area contributed by atoms with E-state index in [9.17, 15) is 9.59 Å². The van der Waals surface area contributed by atoms with Gasteiger partial charge in [0, 0.05) is 32.6 Å². The number of hydrogen-bond acceptors (Lipinski definition) is 4. The third kappa shape index (κ3) is 7.69. The van der Waals surface area contributed by atoms with Crippen LogP contribution in [-0.2, 0) is 19.7 Å². The number of benzene rings is 1. The summed E-state index contributed by atoms with van der Waals surface area (Å²) in [5, 5.41) is 5.57. The quantitative estimate of drug-likeness (QED) is 0.688.